The monoisotopic (exact) mass is 210 g/mol. The Morgan fingerprint density at radius 3 is 2.87 bits per heavy atom. The molecule has 15 heavy (non-hydrogen) atoms. The minimum atomic E-state index is -0.926. The van der Waals surface area contributed by atoms with Gasteiger partial charge >= 0.3 is 5.97 Å². The summed E-state index contributed by atoms with van der Waals surface area (Å²) >= 11 is 0. The van der Waals surface area contributed by atoms with Crippen LogP contribution >= 0.6 is 0 Å². The predicted molar refractivity (Wildman–Crippen MR) is 57.6 cm³/mol. The number of hydrogen-bond acceptors (Lipinski definition) is 2. The maximum Gasteiger partial charge on any atom is 0.331 e. The van der Waals surface area contributed by atoms with E-state index < -0.39 is 5.97 Å². The van der Waals surface area contributed by atoms with Gasteiger partial charge in [0.25, 0.3) is 0 Å². The number of carboxylic acids is 1. The first-order chi connectivity index (χ1) is 7.16. The zero-order valence-electron chi connectivity index (χ0n) is 9.16. The SMILES string of the molecule is CCCCC(=O)[C@@H]1CCCC=C1C(=O)O. The number of carbonyl (C=O) groups excluding carboxylic acids is 1. The minimum absolute atomic E-state index is 0.102. The number of allylic oxidation sites excluding steroid dienone is 1. The minimum Gasteiger partial charge on any atom is -0.478 e. The molecule has 84 valence electrons. The number of aliphatic carboxylic acids is 1. The van der Waals surface area contributed by atoms with Gasteiger partial charge in [-0.15, -0.1) is 0 Å². The van der Waals surface area contributed by atoms with Crippen molar-refractivity contribution in [2.45, 2.75) is 45.4 Å². The lowest BCUT2D eigenvalue weighted by atomic mass is 9.83. The van der Waals surface area contributed by atoms with Gasteiger partial charge in [-0.3, -0.25) is 4.79 Å². The van der Waals surface area contributed by atoms with Crippen molar-refractivity contribution >= 4 is 11.8 Å². The lowest BCUT2D eigenvalue weighted by molar-refractivity contribution is -0.135. The Morgan fingerprint density at radius 2 is 2.27 bits per heavy atom. The van der Waals surface area contributed by atoms with Crippen molar-refractivity contribution in [3.05, 3.63) is 11.6 Å². The quantitative estimate of drug-likeness (QED) is 0.758. The van der Waals surface area contributed by atoms with Gasteiger partial charge in [-0.2, -0.15) is 0 Å². The number of carboxylic acid groups (broad SMARTS) is 1. The van der Waals surface area contributed by atoms with Crippen LogP contribution in [0, 0.1) is 5.92 Å². The van der Waals surface area contributed by atoms with E-state index in [1.54, 1.807) is 6.08 Å². The average Bonchev–Trinajstić information content (AvgIpc) is 2.25. The van der Waals surface area contributed by atoms with Crippen LogP contribution in [0.4, 0.5) is 0 Å². The number of Topliss-reactive ketones (excluding diaryl/α,β-unsaturated/α-hetero) is 1. The summed E-state index contributed by atoms with van der Waals surface area (Å²) in [5, 5.41) is 8.96. The van der Waals surface area contributed by atoms with Crippen molar-refractivity contribution in [2.75, 3.05) is 0 Å². The van der Waals surface area contributed by atoms with Gasteiger partial charge in [-0.05, 0) is 25.7 Å². The van der Waals surface area contributed by atoms with Crippen LogP contribution < -0.4 is 0 Å². The molecule has 3 nitrogen and oxygen atoms in total. The first-order valence-electron chi connectivity index (χ1n) is 5.63. The average molecular weight is 210 g/mol. The first kappa shape index (κ1) is 12.0. The van der Waals surface area contributed by atoms with Crippen LogP contribution in [-0.2, 0) is 9.59 Å². The number of carbonyl (C=O) groups is 2. The molecule has 3 heteroatoms. The van der Waals surface area contributed by atoms with Gasteiger partial charge in [0.1, 0.15) is 5.78 Å². The maximum atomic E-state index is 11.8. The van der Waals surface area contributed by atoms with Crippen LogP contribution in [-0.4, -0.2) is 16.9 Å². The van der Waals surface area contributed by atoms with Crippen molar-refractivity contribution < 1.29 is 14.7 Å². The summed E-state index contributed by atoms with van der Waals surface area (Å²) in [4.78, 5) is 22.7. The summed E-state index contributed by atoms with van der Waals surface area (Å²) < 4.78 is 0. The van der Waals surface area contributed by atoms with Gasteiger partial charge in [0.05, 0.1) is 0 Å². The smallest absolute Gasteiger partial charge is 0.331 e. The van der Waals surface area contributed by atoms with Crippen LogP contribution in [0.1, 0.15) is 45.4 Å². The molecule has 0 saturated carbocycles. The Labute approximate surface area is 90.2 Å². The van der Waals surface area contributed by atoms with Gasteiger partial charge < -0.3 is 5.11 Å². The molecule has 0 aromatic heterocycles. The van der Waals surface area contributed by atoms with Crippen LogP contribution in [0.15, 0.2) is 11.6 Å². The van der Waals surface area contributed by atoms with E-state index in [9.17, 15) is 9.59 Å². The predicted octanol–water partition coefficient (Wildman–Crippen LogP) is 2.56. The van der Waals surface area contributed by atoms with Crippen molar-refractivity contribution in [3.63, 3.8) is 0 Å². The largest absolute Gasteiger partial charge is 0.478 e. The Hall–Kier alpha value is -1.12. The molecule has 0 bridgehead atoms. The summed E-state index contributed by atoms with van der Waals surface area (Å²) in [6.07, 6.45) is 6.50. The molecular weight excluding hydrogens is 192 g/mol. The molecule has 0 unspecified atom stereocenters. The topological polar surface area (TPSA) is 54.4 Å². The van der Waals surface area contributed by atoms with Gasteiger partial charge in [0, 0.05) is 17.9 Å². The van der Waals surface area contributed by atoms with E-state index in [2.05, 4.69) is 0 Å². The number of rotatable bonds is 5. The van der Waals surface area contributed by atoms with Crippen LogP contribution in [0.5, 0.6) is 0 Å². The van der Waals surface area contributed by atoms with E-state index in [1.165, 1.54) is 0 Å². The molecule has 0 amide bonds. The third-order valence-electron chi connectivity index (χ3n) is 2.85. The van der Waals surface area contributed by atoms with Gasteiger partial charge in [0.2, 0.25) is 0 Å². The standard InChI is InChI=1S/C12H18O3/c1-2-3-8-11(13)9-6-4-5-7-10(9)12(14)15/h7,9H,2-6,8H2,1H3,(H,14,15)/t9-/m1/s1. The van der Waals surface area contributed by atoms with Gasteiger partial charge in [-0.25, -0.2) is 4.79 Å². The molecule has 0 radical (unpaired) electrons. The Bertz CT molecular complexity index is 279. The van der Waals surface area contributed by atoms with Crippen molar-refractivity contribution in [2.24, 2.45) is 5.92 Å². The fraction of sp³-hybridized carbons (Fsp3) is 0.667. The van der Waals surface area contributed by atoms with E-state index in [4.69, 9.17) is 5.11 Å². The van der Waals surface area contributed by atoms with Crippen LogP contribution in [0.3, 0.4) is 0 Å². The highest BCUT2D eigenvalue weighted by atomic mass is 16.4. The molecule has 0 fully saturated rings. The van der Waals surface area contributed by atoms with Crippen molar-refractivity contribution in [1.29, 1.82) is 0 Å². The highest BCUT2D eigenvalue weighted by Crippen LogP contribution is 2.27. The molecule has 1 aliphatic carbocycles. The lowest BCUT2D eigenvalue weighted by Crippen LogP contribution is -2.23. The van der Waals surface area contributed by atoms with Crippen LogP contribution in [0.25, 0.3) is 0 Å². The zero-order valence-corrected chi connectivity index (χ0v) is 9.16. The van der Waals surface area contributed by atoms with E-state index in [0.717, 1.165) is 25.7 Å². The molecule has 0 aromatic carbocycles. The van der Waals surface area contributed by atoms with E-state index in [1.807, 2.05) is 6.92 Å². The molecule has 0 aromatic rings. The first-order valence-corrected chi connectivity index (χ1v) is 5.63. The fourth-order valence-electron chi connectivity index (χ4n) is 1.97. The molecule has 1 atom stereocenters. The molecule has 1 aliphatic rings. The van der Waals surface area contributed by atoms with E-state index in [0.29, 0.717) is 18.4 Å². The summed E-state index contributed by atoms with van der Waals surface area (Å²) in [5.41, 5.74) is 0.322. The highest BCUT2D eigenvalue weighted by molar-refractivity contribution is 5.96. The Balaban J connectivity index is 2.66. The maximum absolute atomic E-state index is 11.8. The number of hydrogen-bond donors (Lipinski definition) is 1. The van der Waals surface area contributed by atoms with Gasteiger partial charge in [-0.1, -0.05) is 19.4 Å². The summed E-state index contributed by atoms with van der Waals surface area (Å²) in [5.74, 6) is -1.17. The highest BCUT2D eigenvalue weighted by Gasteiger charge is 2.28. The molecular formula is C12H18O3. The third kappa shape index (κ3) is 3.18. The molecule has 1 rings (SSSR count). The second-order valence-corrected chi connectivity index (χ2v) is 4.02. The summed E-state index contributed by atoms with van der Waals surface area (Å²) in [6.45, 7) is 2.03. The molecule has 0 saturated heterocycles. The Kier molecular flexibility index (Phi) is 4.53. The number of unbranched alkanes of at least 4 members (excludes halogenated alkanes) is 1. The van der Waals surface area contributed by atoms with Crippen molar-refractivity contribution in [3.8, 4) is 0 Å². The molecule has 0 spiro atoms. The molecule has 0 aliphatic heterocycles. The summed E-state index contributed by atoms with van der Waals surface area (Å²) in [7, 11) is 0. The van der Waals surface area contributed by atoms with Crippen LogP contribution in [0.2, 0.25) is 0 Å². The molecule has 0 heterocycles. The second kappa shape index (κ2) is 5.69. The van der Waals surface area contributed by atoms with Gasteiger partial charge in [0.15, 0.2) is 0 Å². The normalized spacial score (nSPS) is 20.9. The van der Waals surface area contributed by atoms with Crippen molar-refractivity contribution in [1.82, 2.24) is 0 Å². The van der Waals surface area contributed by atoms with E-state index >= 15 is 0 Å². The molecule has 1 N–H and O–H groups in total. The van der Waals surface area contributed by atoms with E-state index in [-0.39, 0.29) is 11.7 Å². The number of ketones is 1. The lowest BCUT2D eigenvalue weighted by Gasteiger charge is -2.20. The fourth-order valence-corrected chi connectivity index (χ4v) is 1.97. The summed E-state index contributed by atoms with van der Waals surface area (Å²) in [6, 6.07) is 0. The Morgan fingerprint density at radius 1 is 1.53 bits per heavy atom. The second-order valence-electron chi connectivity index (χ2n) is 4.02. The third-order valence-corrected chi connectivity index (χ3v) is 2.85. The zero-order chi connectivity index (χ0) is 11.3.